The smallest absolute Gasteiger partial charge is 0.264 e. The quantitative estimate of drug-likeness (QED) is 0.177. The number of ether oxygens (including phenoxy) is 2. The molecule has 4 rings (SSSR count). The van der Waals surface area contributed by atoms with E-state index in [-0.39, 0.29) is 29.3 Å². The van der Waals surface area contributed by atoms with E-state index in [9.17, 15) is 22.4 Å². The van der Waals surface area contributed by atoms with E-state index in [1.165, 1.54) is 49.5 Å². The van der Waals surface area contributed by atoms with Crippen LogP contribution in [0.25, 0.3) is 0 Å². The van der Waals surface area contributed by atoms with Gasteiger partial charge in [-0.3, -0.25) is 13.9 Å². The van der Waals surface area contributed by atoms with Crippen LogP contribution in [-0.4, -0.2) is 57.5 Å². The fraction of sp³-hybridized carbons (Fsp3) is 0.278. The molecule has 0 spiro atoms. The van der Waals surface area contributed by atoms with Gasteiger partial charge in [0.2, 0.25) is 11.8 Å². The first-order valence-corrected chi connectivity index (χ1v) is 16.9. The van der Waals surface area contributed by atoms with Crippen LogP contribution in [0.2, 0.25) is 5.02 Å². The van der Waals surface area contributed by atoms with E-state index in [4.69, 9.17) is 21.1 Å². The van der Waals surface area contributed by atoms with Gasteiger partial charge in [0.05, 0.1) is 24.8 Å². The maximum atomic E-state index is 14.6. The Morgan fingerprint density at radius 3 is 2.10 bits per heavy atom. The molecule has 0 unspecified atom stereocenters. The molecule has 4 aromatic rings. The molecule has 0 saturated carbocycles. The van der Waals surface area contributed by atoms with E-state index in [2.05, 4.69) is 5.32 Å². The number of sulfonamides is 1. The van der Waals surface area contributed by atoms with Gasteiger partial charge in [-0.2, -0.15) is 0 Å². The molecule has 0 saturated heterocycles. The summed E-state index contributed by atoms with van der Waals surface area (Å²) in [5.41, 5.74) is 0.750. The third kappa shape index (κ3) is 9.05. The molecule has 254 valence electrons. The van der Waals surface area contributed by atoms with Crippen molar-refractivity contribution in [3.63, 3.8) is 0 Å². The Morgan fingerprint density at radius 1 is 0.875 bits per heavy atom. The summed E-state index contributed by atoms with van der Waals surface area (Å²) in [4.78, 5) is 29.7. The van der Waals surface area contributed by atoms with Crippen LogP contribution in [-0.2, 0) is 32.6 Å². The van der Waals surface area contributed by atoms with Crippen molar-refractivity contribution in [3.8, 4) is 11.5 Å². The number of rotatable bonds is 13. The summed E-state index contributed by atoms with van der Waals surface area (Å²) in [5.74, 6) is -1.24. The molecule has 48 heavy (non-hydrogen) atoms. The molecule has 0 aromatic heterocycles. The van der Waals surface area contributed by atoms with Gasteiger partial charge >= 0.3 is 0 Å². The second-order valence-corrected chi connectivity index (χ2v) is 14.3. The van der Waals surface area contributed by atoms with E-state index in [1.807, 2.05) is 51.1 Å². The van der Waals surface area contributed by atoms with E-state index >= 15 is 0 Å². The number of nitrogens with one attached hydrogen (secondary N) is 1. The van der Waals surface area contributed by atoms with Crippen LogP contribution in [0.1, 0.15) is 31.9 Å². The molecule has 0 aliphatic carbocycles. The number of benzene rings is 4. The number of hydrogen-bond acceptors (Lipinski definition) is 6. The summed E-state index contributed by atoms with van der Waals surface area (Å²) in [7, 11) is -1.67. The Labute approximate surface area is 286 Å². The minimum absolute atomic E-state index is 0.0379. The van der Waals surface area contributed by atoms with Gasteiger partial charge in [-0.15, -0.1) is 0 Å². The molecule has 12 heteroatoms. The third-order valence-corrected chi connectivity index (χ3v) is 9.54. The number of hydrogen-bond donors (Lipinski definition) is 1. The van der Waals surface area contributed by atoms with Crippen molar-refractivity contribution >= 4 is 39.1 Å². The number of methoxy groups -OCH3 is 2. The number of amides is 2. The maximum Gasteiger partial charge on any atom is 0.264 e. The summed E-state index contributed by atoms with van der Waals surface area (Å²) >= 11 is 6.54. The number of carbonyl (C=O) groups is 2. The normalized spacial score (nSPS) is 12.1. The molecule has 2 amide bonds. The fourth-order valence-electron chi connectivity index (χ4n) is 5.06. The number of anilines is 1. The van der Waals surface area contributed by atoms with Crippen molar-refractivity contribution < 1.29 is 31.9 Å². The lowest BCUT2D eigenvalue weighted by Gasteiger charge is -2.35. The zero-order valence-corrected chi connectivity index (χ0v) is 29.0. The molecule has 0 fully saturated rings. The standard InChI is InChI=1S/C36H39ClFN3O6S/c1-36(2,3)39-35(43)31(21-25-11-7-6-8-12-25)40(23-26-13-9-10-14-30(26)37)34(42)24-41(28-17-15-27(38)16-18-28)48(44,45)29-19-20-32(46-4)33(22-29)47-5/h6-20,22,31H,21,23-24H2,1-5H3,(H,39,43)/t31-/m1/s1. The molecular weight excluding hydrogens is 657 g/mol. The summed E-state index contributed by atoms with van der Waals surface area (Å²) in [6, 6.07) is 23.9. The molecule has 0 aliphatic heterocycles. The summed E-state index contributed by atoms with van der Waals surface area (Å²) in [6.07, 6.45) is 0.137. The van der Waals surface area contributed by atoms with Crippen LogP contribution in [0.15, 0.2) is 102 Å². The van der Waals surface area contributed by atoms with Crippen molar-refractivity contribution in [2.75, 3.05) is 25.1 Å². The number of halogens is 2. The highest BCUT2D eigenvalue weighted by Gasteiger charge is 2.36. The molecule has 0 bridgehead atoms. The highest BCUT2D eigenvalue weighted by Crippen LogP contribution is 2.33. The number of carbonyl (C=O) groups excluding carboxylic acids is 2. The highest BCUT2D eigenvalue weighted by atomic mass is 35.5. The predicted molar refractivity (Wildman–Crippen MR) is 184 cm³/mol. The molecule has 0 aliphatic rings. The molecule has 9 nitrogen and oxygen atoms in total. The summed E-state index contributed by atoms with van der Waals surface area (Å²) in [5, 5.41) is 3.35. The third-order valence-electron chi connectivity index (χ3n) is 7.40. The largest absolute Gasteiger partial charge is 0.493 e. The molecule has 1 N–H and O–H groups in total. The van der Waals surface area contributed by atoms with Gasteiger partial charge in [0, 0.05) is 29.6 Å². The van der Waals surface area contributed by atoms with Gasteiger partial charge in [0.15, 0.2) is 11.5 Å². The SMILES string of the molecule is COc1ccc(S(=O)(=O)N(CC(=O)N(Cc2ccccc2Cl)[C@H](Cc2ccccc2)C(=O)NC(C)(C)C)c2ccc(F)cc2)cc1OC. The first kappa shape index (κ1) is 36.2. The second-order valence-electron chi connectivity index (χ2n) is 12.1. The van der Waals surface area contributed by atoms with Crippen molar-refractivity contribution in [2.24, 2.45) is 0 Å². The second kappa shape index (κ2) is 15.5. The Bertz CT molecular complexity index is 1830. The predicted octanol–water partition coefficient (Wildman–Crippen LogP) is 6.25. The average molecular weight is 696 g/mol. The fourth-order valence-corrected chi connectivity index (χ4v) is 6.68. The minimum atomic E-state index is -4.47. The Kier molecular flexibility index (Phi) is 11.7. The first-order chi connectivity index (χ1) is 22.7. The summed E-state index contributed by atoms with van der Waals surface area (Å²) in [6.45, 7) is 4.67. The topological polar surface area (TPSA) is 105 Å². The molecule has 1 atom stereocenters. The maximum absolute atomic E-state index is 14.6. The minimum Gasteiger partial charge on any atom is -0.493 e. The van der Waals surface area contributed by atoms with E-state index in [0.29, 0.717) is 16.3 Å². The lowest BCUT2D eigenvalue weighted by Crippen LogP contribution is -2.56. The lowest BCUT2D eigenvalue weighted by atomic mass is 10.0. The molecule has 4 aromatic carbocycles. The Balaban J connectivity index is 1.85. The van der Waals surface area contributed by atoms with Gasteiger partial charge < -0.3 is 19.7 Å². The molecule has 0 radical (unpaired) electrons. The molecule has 0 heterocycles. The van der Waals surface area contributed by atoms with Gasteiger partial charge in [0.1, 0.15) is 18.4 Å². The Hall–Kier alpha value is -4.61. The van der Waals surface area contributed by atoms with Crippen molar-refractivity contribution in [2.45, 2.75) is 50.2 Å². The van der Waals surface area contributed by atoms with Gasteiger partial charge in [0.25, 0.3) is 10.0 Å². The highest BCUT2D eigenvalue weighted by molar-refractivity contribution is 7.92. The van der Waals surface area contributed by atoms with Crippen LogP contribution in [0.4, 0.5) is 10.1 Å². The van der Waals surface area contributed by atoms with E-state index in [0.717, 1.165) is 22.0 Å². The van der Waals surface area contributed by atoms with Crippen LogP contribution >= 0.6 is 11.6 Å². The van der Waals surface area contributed by atoms with Crippen LogP contribution in [0, 0.1) is 5.82 Å². The van der Waals surface area contributed by atoms with Gasteiger partial charge in [-0.05, 0) is 74.4 Å². The monoisotopic (exact) mass is 695 g/mol. The van der Waals surface area contributed by atoms with Crippen LogP contribution < -0.4 is 19.1 Å². The van der Waals surface area contributed by atoms with Crippen molar-refractivity contribution in [1.82, 2.24) is 10.2 Å². The van der Waals surface area contributed by atoms with Crippen molar-refractivity contribution in [3.05, 3.63) is 119 Å². The van der Waals surface area contributed by atoms with E-state index < -0.39 is 45.8 Å². The van der Waals surface area contributed by atoms with Gasteiger partial charge in [-0.1, -0.05) is 60.1 Å². The zero-order valence-electron chi connectivity index (χ0n) is 27.4. The average Bonchev–Trinajstić information content (AvgIpc) is 3.05. The Morgan fingerprint density at radius 2 is 1.50 bits per heavy atom. The van der Waals surface area contributed by atoms with Crippen molar-refractivity contribution in [1.29, 1.82) is 0 Å². The number of nitrogens with zero attached hydrogens (tertiary/aromatic N) is 2. The summed E-state index contributed by atoms with van der Waals surface area (Å²) < 4.78 is 54.1. The van der Waals surface area contributed by atoms with Crippen LogP contribution in [0.3, 0.4) is 0 Å². The zero-order chi connectivity index (χ0) is 35.1. The van der Waals surface area contributed by atoms with E-state index in [1.54, 1.807) is 24.3 Å². The van der Waals surface area contributed by atoms with Gasteiger partial charge in [-0.25, -0.2) is 12.8 Å². The first-order valence-electron chi connectivity index (χ1n) is 15.1. The van der Waals surface area contributed by atoms with Crippen LogP contribution in [0.5, 0.6) is 11.5 Å². The molecular formula is C36H39ClFN3O6S. The lowest BCUT2D eigenvalue weighted by molar-refractivity contribution is -0.140.